The number of anilines is 1. The number of hydrogen-bond acceptors (Lipinski definition) is 5. The topological polar surface area (TPSA) is 78.9 Å². The number of hydrogen-bond donors (Lipinski definition) is 1. The molecule has 41 heavy (non-hydrogen) atoms. The van der Waals surface area contributed by atoms with Crippen LogP contribution in [0.1, 0.15) is 28.3 Å². The Bertz CT molecular complexity index is 1510. The highest BCUT2D eigenvalue weighted by atomic mass is 32.2. The molecule has 1 N–H and O–H groups in total. The lowest BCUT2D eigenvalue weighted by molar-refractivity contribution is -0.135. The van der Waals surface area contributed by atoms with Crippen molar-refractivity contribution in [2.24, 2.45) is 0 Å². The molecule has 0 atom stereocenters. The van der Waals surface area contributed by atoms with E-state index >= 15 is 0 Å². The molecule has 0 spiro atoms. The van der Waals surface area contributed by atoms with Crippen molar-refractivity contribution in [2.75, 3.05) is 37.5 Å². The van der Waals surface area contributed by atoms with Crippen LogP contribution in [0.3, 0.4) is 0 Å². The SMILES string of the molecule is Cc1cc(C)cc(NS(=O)(=O)c2ccc(OCC(=O)N3CCN(C(c4ccccc4)c4ccccc4)CC3)cc2)c1. The molecule has 1 saturated heterocycles. The van der Waals surface area contributed by atoms with Crippen LogP contribution in [-0.4, -0.2) is 56.9 Å². The van der Waals surface area contributed by atoms with Crippen molar-refractivity contribution >= 4 is 21.6 Å². The Labute approximate surface area is 242 Å². The van der Waals surface area contributed by atoms with E-state index in [0.29, 0.717) is 24.5 Å². The summed E-state index contributed by atoms with van der Waals surface area (Å²) in [6.07, 6.45) is 0. The summed E-state index contributed by atoms with van der Waals surface area (Å²) < 4.78 is 34.1. The Morgan fingerprint density at radius 2 is 1.32 bits per heavy atom. The molecule has 1 heterocycles. The molecule has 1 aliphatic rings. The van der Waals surface area contributed by atoms with Gasteiger partial charge in [0, 0.05) is 31.9 Å². The molecule has 0 saturated carbocycles. The third-order valence-electron chi connectivity index (χ3n) is 7.23. The van der Waals surface area contributed by atoms with Crippen LogP contribution in [0.2, 0.25) is 0 Å². The zero-order valence-corrected chi connectivity index (χ0v) is 24.2. The molecule has 4 aromatic rings. The van der Waals surface area contributed by atoms with E-state index in [1.807, 2.05) is 36.9 Å². The number of benzene rings is 4. The predicted molar refractivity (Wildman–Crippen MR) is 162 cm³/mol. The van der Waals surface area contributed by atoms with Gasteiger partial charge >= 0.3 is 0 Å². The molecule has 0 unspecified atom stereocenters. The number of carbonyl (C=O) groups is 1. The van der Waals surface area contributed by atoms with Crippen molar-refractivity contribution < 1.29 is 17.9 Å². The monoisotopic (exact) mass is 569 g/mol. The minimum atomic E-state index is -3.75. The van der Waals surface area contributed by atoms with Crippen LogP contribution in [0.15, 0.2) is 108 Å². The normalized spacial score (nSPS) is 14.2. The molecule has 0 aliphatic carbocycles. The molecule has 1 aliphatic heterocycles. The van der Waals surface area contributed by atoms with Crippen LogP contribution in [0.25, 0.3) is 0 Å². The van der Waals surface area contributed by atoms with Gasteiger partial charge in [-0.25, -0.2) is 8.42 Å². The van der Waals surface area contributed by atoms with Gasteiger partial charge in [0.1, 0.15) is 5.75 Å². The predicted octanol–water partition coefficient (Wildman–Crippen LogP) is 5.42. The molecule has 4 aromatic carbocycles. The zero-order chi connectivity index (χ0) is 28.8. The molecule has 0 aromatic heterocycles. The van der Waals surface area contributed by atoms with Crippen molar-refractivity contribution in [3.8, 4) is 5.75 Å². The summed E-state index contributed by atoms with van der Waals surface area (Å²) in [5.41, 5.74) is 4.94. The van der Waals surface area contributed by atoms with Gasteiger partial charge in [-0.1, -0.05) is 66.7 Å². The first kappa shape index (κ1) is 28.4. The number of nitrogens with zero attached hydrogens (tertiary/aromatic N) is 2. The fourth-order valence-corrected chi connectivity index (χ4v) is 6.35. The average molecular weight is 570 g/mol. The van der Waals surface area contributed by atoms with Crippen LogP contribution in [0.5, 0.6) is 5.75 Å². The molecular weight excluding hydrogens is 534 g/mol. The van der Waals surface area contributed by atoms with Gasteiger partial charge in [0.25, 0.3) is 15.9 Å². The maximum atomic E-state index is 12.9. The fourth-order valence-electron chi connectivity index (χ4n) is 5.31. The van der Waals surface area contributed by atoms with E-state index in [4.69, 9.17) is 4.74 Å². The summed E-state index contributed by atoms with van der Waals surface area (Å²) in [6, 6.07) is 32.7. The second-order valence-corrected chi connectivity index (χ2v) is 12.1. The number of rotatable bonds is 9. The van der Waals surface area contributed by atoms with E-state index in [9.17, 15) is 13.2 Å². The average Bonchev–Trinajstić information content (AvgIpc) is 2.97. The van der Waals surface area contributed by atoms with Gasteiger partial charge in [-0.2, -0.15) is 0 Å². The smallest absolute Gasteiger partial charge is 0.261 e. The van der Waals surface area contributed by atoms with Gasteiger partial charge in [-0.3, -0.25) is 14.4 Å². The largest absolute Gasteiger partial charge is 0.484 e. The number of ether oxygens (including phenoxy) is 1. The third-order valence-corrected chi connectivity index (χ3v) is 8.63. The van der Waals surface area contributed by atoms with Crippen molar-refractivity contribution in [3.05, 3.63) is 125 Å². The lowest BCUT2D eigenvalue weighted by Crippen LogP contribution is -2.51. The molecule has 7 nitrogen and oxygen atoms in total. The molecular formula is C33H35N3O4S. The first-order valence-corrected chi connectivity index (χ1v) is 15.2. The summed E-state index contributed by atoms with van der Waals surface area (Å²) in [6.45, 7) is 6.46. The summed E-state index contributed by atoms with van der Waals surface area (Å²) in [4.78, 5) is 17.3. The van der Waals surface area contributed by atoms with Gasteiger partial charge in [-0.15, -0.1) is 0 Å². The highest BCUT2D eigenvalue weighted by molar-refractivity contribution is 7.92. The molecule has 0 radical (unpaired) electrons. The van der Waals surface area contributed by atoms with Gasteiger partial charge in [-0.05, 0) is 72.5 Å². The minimum Gasteiger partial charge on any atom is -0.484 e. The number of carbonyl (C=O) groups excluding carboxylic acids is 1. The number of amides is 1. The van der Waals surface area contributed by atoms with Crippen molar-refractivity contribution in [1.29, 1.82) is 0 Å². The van der Waals surface area contributed by atoms with Crippen molar-refractivity contribution in [3.63, 3.8) is 0 Å². The molecule has 1 fully saturated rings. The molecule has 8 heteroatoms. The van der Waals surface area contributed by atoms with E-state index in [1.54, 1.807) is 24.3 Å². The van der Waals surface area contributed by atoms with Crippen LogP contribution < -0.4 is 9.46 Å². The van der Waals surface area contributed by atoms with Gasteiger partial charge in [0.2, 0.25) is 0 Å². The zero-order valence-electron chi connectivity index (χ0n) is 23.4. The van der Waals surface area contributed by atoms with Crippen molar-refractivity contribution in [1.82, 2.24) is 9.80 Å². The van der Waals surface area contributed by atoms with Gasteiger partial charge in [0.05, 0.1) is 10.9 Å². The lowest BCUT2D eigenvalue weighted by Gasteiger charge is -2.39. The van der Waals surface area contributed by atoms with Crippen LogP contribution in [0, 0.1) is 13.8 Å². The standard InChI is InChI=1S/C33H35N3O4S/c1-25-21-26(2)23-29(22-25)34-41(38,39)31-15-13-30(14-16-31)40-24-32(37)35-17-19-36(20-18-35)33(27-9-5-3-6-10-27)28-11-7-4-8-12-28/h3-16,21-23,33-34H,17-20,24H2,1-2H3. The summed E-state index contributed by atoms with van der Waals surface area (Å²) >= 11 is 0. The Hall–Kier alpha value is -4.14. The first-order chi connectivity index (χ1) is 19.8. The van der Waals surface area contributed by atoms with E-state index in [-0.39, 0.29) is 23.5 Å². The number of aryl methyl sites for hydroxylation is 2. The Kier molecular flexibility index (Phi) is 8.71. The highest BCUT2D eigenvalue weighted by Crippen LogP contribution is 2.29. The van der Waals surface area contributed by atoms with Gasteiger partial charge < -0.3 is 9.64 Å². The maximum absolute atomic E-state index is 12.9. The van der Waals surface area contributed by atoms with Crippen LogP contribution in [-0.2, 0) is 14.8 Å². The summed E-state index contributed by atoms with van der Waals surface area (Å²) in [5, 5.41) is 0. The van der Waals surface area contributed by atoms with Gasteiger partial charge in [0.15, 0.2) is 6.61 Å². The molecule has 5 rings (SSSR count). The first-order valence-electron chi connectivity index (χ1n) is 13.7. The van der Waals surface area contributed by atoms with Crippen molar-refractivity contribution in [2.45, 2.75) is 24.8 Å². The summed E-state index contributed by atoms with van der Waals surface area (Å²) in [7, 11) is -3.75. The molecule has 1 amide bonds. The third kappa shape index (κ3) is 7.14. The fraction of sp³-hybridized carbons (Fsp3) is 0.242. The minimum absolute atomic E-state index is 0.0891. The van der Waals surface area contributed by atoms with E-state index in [2.05, 4.69) is 58.2 Å². The Morgan fingerprint density at radius 3 is 1.85 bits per heavy atom. The van der Waals surface area contributed by atoms with Crippen LogP contribution in [0.4, 0.5) is 5.69 Å². The quantitative estimate of drug-likeness (QED) is 0.291. The van der Waals surface area contributed by atoms with E-state index in [1.165, 1.54) is 23.3 Å². The Balaban J connectivity index is 1.16. The maximum Gasteiger partial charge on any atom is 0.261 e. The highest BCUT2D eigenvalue weighted by Gasteiger charge is 2.28. The number of sulfonamides is 1. The second-order valence-electron chi connectivity index (χ2n) is 10.4. The molecule has 212 valence electrons. The Morgan fingerprint density at radius 1 is 0.780 bits per heavy atom. The second kappa shape index (κ2) is 12.6. The van der Waals surface area contributed by atoms with E-state index < -0.39 is 10.0 Å². The number of nitrogens with one attached hydrogen (secondary N) is 1. The molecule has 0 bridgehead atoms. The summed E-state index contributed by atoms with van der Waals surface area (Å²) in [5.74, 6) is 0.351. The van der Waals surface area contributed by atoms with E-state index in [0.717, 1.165) is 24.2 Å². The lowest BCUT2D eigenvalue weighted by atomic mass is 9.96. The van der Waals surface area contributed by atoms with Crippen LogP contribution >= 0.6 is 0 Å². The number of piperazine rings is 1.